The first-order valence-electron chi connectivity index (χ1n) is 6.18. The summed E-state index contributed by atoms with van der Waals surface area (Å²) < 4.78 is 0. The van der Waals surface area contributed by atoms with Crippen LogP contribution in [0.15, 0.2) is 10.9 Å². The van der Waals surface area contributed by atoms with Crippen molar-refractivity contribution in [2.75, 3.05) is 17.3 Å². The molecule has 0 spiro atoms. The van der Waals surface area contributed by atoms with Crippen LogP contribution in [0.3, 0.4) is 0 Å². The maximum absolute atomic E-state index is 11.7. The minimum absolute atomic E-state index is 0.0447. The molecule has 1 fully saturated rings. The van der Waals surface area contributed by atoms with Gasteiger partial charge < -0.3 is 10.3 Å². The van der Waals surface area contributed by atoms with E-state index in [1.165, 1.54) is 5.75 Å². The quantitative estimate of drug-likeness (QED) is 0.883. The molecule has 1 aliphatic heterocycles. The number of nitrogens with zero attached hydrogens (tertiary/aromatic N) is 1. The van der Waals surface area contributed by atoms with Crippen molar-refractivity contribution in [3.05, 3.63) is 27.9 Å². The molecule has 0 bridgehead atoms. The van der Waals surface area contributed by atoms with Crippen molar-refractivity contribution < 1.29 is 0 Å². The largest absolute Gasteiger partial charge is 0.310 e. The van der Waals surface area contributed by atoms with E-state index >= 15 is 0 Å². The molecule has 1 atom stereocenters. The second-order valence-corrected chi connectivity index (χ2v) is 7.05. The third-order valence-corrected chi connectivity index (χ3v) is 5.39. The van der Waals surface area contributed by atoms with Gasteiger partial charge in [-0.2, -0.15) is 11.8 Å². The van der Waals surface area contributed by atoms with Gasteiger partial charge >= 0.3 is 0 Å². The number of aromatic nitrogens is 2. The minimum atomic E-state index is -0.0447. The zero-order valence-electron chi connectivity index (χ0n) is 10.7. The number of hydrogen-bond donors (Lipinski definition) is 2. The molecule has 6 heteroatoms. The number of aromatic amines is 1. The molecule has 2 heterocycles. The summed E-state index contributed by atoms with van der Waals surface area (Å²) >= 11 is 3.81. The first-order valence-corrected chi connectivity index (χ1v) is 8.38. The van der Waals surface area contributed by atoms with Crippen LogP contribution in [0, 0.1) is 0 Å². The molecule has 2 rings (SSSR count). The highest BCUT2D eigenvalue weighted by atomic mass is 32.2. The summed E-state index contributed by atoms with van der Waals surface area (Å²) in [5, 5.41) is 3.62. The fraction of sp³-hybridized carbons (Fsp3) is 0.667. The van der Waals surface area contributed by atoms with E-state index in [0.717, 1.165) is 23.0 Å². The number of hydrogen-bond acceptors (Lipinski definition) is 5. The Balaban J connectivity index is 2.12. The predicted molar refractivity (Wildman–Crippen MR) is 79.4 cm³/mol. The first kappa shape index (κ1) is 14.0. The van der Waals surface area contributed by atoms with E-state index in [4.69, 9.17) is 0 Å². The molecule has 2 N–H and O–H groups in total. The second-order valence-electron chi connectivity index (χ2n) is 4.59. The van der Waals surface area contributed by atoms with E-state index in [9.17, 15) is 4.79 Å². The van der Waals surface area contributed by atoms with Crippen LogP contribution < -0.4 is 10.9 Å². The van der Waals surface area contributed by atoms with Gasteiger partial charge in [-0.1, -0.05) is 13.8 Å². The van der Waals surface area contributed by atoms with Crippen LogP contribution in [0.5, 0.6) is 0 Å². The zero-order valence-corrected chi connectivity index (χ0v) is 12.4. The highest BCUT2D eigenvalue weighted by Gasteiger charge is 2.19. The minimum Gasteiger partial charge on any atom is -0.310 e. The Morgan fingerprint density at radius 2 is 2.39 bits per heavy atom. The van der Waals surface area contributed by atoms with E-state index in [-0.39, 0.29) is 5.56 Å². The van der Waals surface area contributed by atoms with Crippen molar-refractivity contribution in [1.29, 1.82) is 0 Å². The maximum atomic E-state index is 11.7. The van der Waals surface area contributed by atoms with Crippen LogP contribution in [0.25, 0.3) is 0 Å². The second kappa shape index (κ2) is 6.63. The number of nitrogens with one attached hydrogen (secondary N) is 2. The number of thioether (sulfide) groups is 2. The molecule has 1 aromatic heterocycles. The average molecular weight is 285 g/mol. The molecule has 100 valence electrons. The van der Waals surface area contributed by atoms with Gasteiger partial charge in [-0.05, 0) is 0 Å². The van der Waals surface area contributed by atoms with Crippen molar-refractivity contribution in [3.63, 3.8) is 0 Å². The van der Waals surface area contributed by atoms with Crippen molar-refractivity contribution >= 4 is 23.5 Å². The average Bonchev–Trinajstić information content (AvgIpc) is 2.37. The van der Waals surface area contributed by atoms with Crippen LogP contribution in [0.2, 0.25) is 0 Å². The third kappa shape index (κ3) is 4.03. The number of rotatable bonds is 4. The molecule has 18 heavy (non-hydrogen) atoms. The summed E-state index contributed by atoms with van der Waals surface area (Å²) in [5.41, 5.74) is 0.787. The summed E-state index contributed by atoms with van der Waals surface area (Å²) in [6.45, 7) is 4.82. The smallest absolute Gasteiger partial charge is 0.251 e. The van der Waals surface area contributed by atoms with Gasteiger partial charge in [-0.3, -0.25) is 4.79 Å². The van der Waals surface area contributed by atoms with Gasteiger partial charge in [0, 0.05) is 35.9 Å². The Labute approximate surface area is 116 Å². The molecule has 1 aromatic rings. The molecule has 1 saturated heterocycles. The monoisotopic (exact) mass is 285 g/mol. The lowest BCUT2D eigenvalue weighted by Crippen LogP contribution is -2.25. The SMILES string of the molecule is CC(C)NCc1cc(=O)[nH]c(C2CSCCS2)n1. The lowest BCUT2D eigenvalue weighted by Gasteiger charge is -2.20. The Hall–Kier alpha value is -0.460. The van der Waals surface area contributed by atoms with Crippen LogP contribution in [0.4, 0.5) is 0 Å². The van der Waals surface area contributed by atoms with Crippen LogP contribution in [-0.4, -0.2) is 33.3 Å². The van der Waals surface area contributed by atoms with Gasteiger partial charge in [0.05, 0.1) is 10.9 Å². The maximum Gasteiger partial charge on any atom is 0.251 e. The first-order chi connectivity index (χ1) is 8.65. The molecule has 0 saturated carbocycles. The van der Waals surface area contributed by atoms with Gasteiger partial charge in [0.15, 0.2) is 0 Å². The summed E-state index contributed by atoms with van der Waals surface area (Å²) in [6, 6.07) is 1.98. The number of H-pyrrole nitrogens is 1. The van der Waals surface area contributed by atoms with Gasteiger partial charge in [0.25, 0.3) is 5.56 Å². The van der Waals surface area contributed by atoms with E-state index in [2.05, 4.69) is 29.1 Å². The van der Waals surface area contributed by atoms with Gasteiger partial charge in [0.2, 0.25) is 0 Å². The molecule has 0 amide bonds. The highest BCUT2D eigenvalue weighted by molar-refractivity contribution is 8.06. The van der Waals surface area contributed by atoms with Gasteiger partial charge in [0.1, 0.15) is 5.82 Å². The van der Waals surface area contributed by atoms with E-state index in [1.54, 1.807) is 6.07 Å². The van der Waals surface area contributed by atoms with E-state index in [1.807, 2.05) is 23.5 Å². The lowest BCUT2D eigenvalue weighted by atomic mass is 10.3. The van der Waals surface area contributed by atoms with Crippen LogP contribution in [-0.2, 0) is 6.54 Å². The fourth-order valence-electron chi connectivity index (χ4n) is 1.73. The molecular weight excluding hydrogens is 266 g/mol. The van der Waals surface area contributed by atoms with Crippen LogP contribution >= 0.6 is 23.5 Å². The topological polar surface area (TPSA) is 57.8 Å². The Bertz CT molecular complexity index is 441. The van der Waals surface area contributed by atoms with Crippen molar-refractivity contribution in [2.45, 2.75) is 31.7 Å². The van der Waals surface area contributed by atoms with Crippen molar-refractivity contribution in [3.8, 4) is 0 Å². The lowest BCUT2D eigenvalue weighted by molar-refractivity contribution is 0.578. The Morgan fingerprint density at radius 1 is 1.56 bits per heavy atom. The summed E-state index contributed by atoms with van der Waals surface area (Å²) in [4.78, 5) is 19.1. The molecular formula is C12H19N3OS2. The standard InChI is InChI=1S/C12H19N3OS2/c1-8(2)13-6-9-5-11(16)15-12(14-9)10-7-17-3-4-18-10/h5,8,10,13H,3-4,6-7H2,1-2H3,(H,14,15,16). The molecule has 1 aliphatic rings. The Kier molecular flexibility index (Phi) is 5.14. The Morgan fingerprint density at radius 3 is 3.06 bits per heavy atom. The highest BCUT2D eigenvalue weighted by Crippen LogP contribution is 2.34. The van der Waals surface area contributed by atoms with E-state index in [0.29, 0.717) is 17.8 Å². The van der Waals surface area contributed by atoms with Crippen molar-refractivity contribution in [1.82, 2.24) is 15.3 Å². The summed E-state index contributed by atoms with van der Waals surface area (Å²) in [5.74, 6) is 4.20. The zero-order chi connectivity index (χ0) is 13.0. The van der Waals surface area contributed by atoms with Crippen molar-refractivity contribution in [2.24, 2.45) is 0 Å². The molecule has 0 aliphatic carbocycles. The van der Waals surface area contributed by atoms with Gasteiger partial charge in [-0.25, -0.2) is 4.98 Å². The summed E-state index contributed by atoms with van der Waals surface area (Å²) in [7, 11) is 0. The fourth-order valence-corrected chi connectivity index (χ4v) is 4.35. The predicted octanol–water partition coefficient (Wildman–Crippen LogP) is 1.79. The molecule has 1 unspecified atom stereocenters. The van der Waals surface area contributed by atoms with E-state index < -0.39 is 0 Å². The molecule has 4 nitrogen and oxygen atoms in total. The summed E-state index contributed by atoms with van der Waals surface area (Å²) in [6.07, 6.45) is 0. The van der Waals surface area contributed by atoms with Crippen LogP contribution in [0.1, 0.15) is 30.6 Å². The molecule has 0 aromatic carbocycles. The van der Waals surface area contributed by atoms with Gasteiger partial charge in [-0.15, -0.1) is 11.8 Å². The molecule has 0 radical (unpaired) electrons. The normalized spacial score (nSPS) is 20.3. The third-order valence-electron chi connectivity index (χ3n) is 2.63.